The Morgan fingerprint density at radius 3 is 2.32 bits per heavy atom. The number of benzene rings is 1. The van der Waals surface area contributed by atoms with Crippen LogP contribution >= 0.6 is 0 Å². The minimum Gasteiger partial charge on any atom is -0.361 e. The van der Waals surface area contributed by atoms with Crippen LogP contribution in [0.15, 0.2) is 28.8 Å². The van der Waals surface area contributed by atoms with E-state index in [2.05, 4.69) is 48.6 Å². The van der Waals surface area contributed by atoms with Gasteiger partial charge in [-0.1, -0.05) is 43.3 Å². The summed E-state index contributed by atoms with van der Waals surface area (Å²) in [6, 6.07) is 8.79. The molecule has 0 aliphatic heterocycles. The van der Waals surface area contributed by atoms with Crippen molar-refractivity contribution in [3.63, 3.8) is 0 Å². The zero-order valence-corrected chi connectivity index (χ0v) is 12.2. The second-order valence-electron chi connectivity index (χ2n) is 5.30. The summed E-state index contributed by atoms with van der Waals surface area (Å²) in [5.41, 5.74) is 4.82. The third-order valence-electron chi connectivity index (χ3n) is 3.46. The molecule has 0 saturated heterocycles. The maximum absolute atomic E-state index is 5.15. The van der Waals surface area contributed by atoms with Gasteiger partial charge in [-0.3, -0.25) is 0 Å². The van der Waals surface area contributed by atoms with Crippen LogP contribution in [0.4, 0.5) is 0 Å². The van der Waals surface area contributed by atoms with E-state index >= 15 is 0 Å². The van der Waals surface area contributed by atoms with Crippen molar-refractivity contribution in [3.8, 4) is 0 Å². The number of hydrogen-bond donors (Lipinski definition) is 1. The minimum absolute atomic E-state index is 0.587. The molecule has 1 heterocycles. The fourth-order valence-corrected chi connectivity index (χ4v) is 2.11. The molecule has 2 rings (SSSR count). The number of aryl methyl sites for hydroxylation is 2. The molecule has 3 heteroatoms. The van der Waals surface area contributed by atoms with Crippen LogP contribution in [0, 0.1) is 13.8 Å². The van der Waals surface area contributed by atoms with Gasteiger partial charge >= 0.3 is 0 Å². The first-order valence-electron chi connectivity index (χ1n) is 6.79. The molecular weight excluding hydrogens is 236 g/mol. The maximum Gasteiger partial charge on any atom is 0.138 e. The van der Waals surface area contributed by atoms with Crippen molar-refractivity contribution in [2.45, 2.75) is 46.7 Å². The SMILES string of the molecule is Cc1noc(C)c1CNCc1ccc(C(C)C)cc1. The molecule has 0 aliphatic rings. The minimum atomic E-state index is 0.587. The van der Waals surface area contributed by atoms with E-state index < -0.39 is 0 Å². The van der Waals surface area contributed by atoms with Crippen molar-refractivity contribution in [1.82, 2.24) is 10.5 Å². The quantitative estimate of drug-likeness (QED) is 0.888. The molecule has 19 heavy (non-hydrogen) atoms. The molecule has 102 valence electrons. The fraction of sp³-hybridized carbons (Fsp3) is 0.438. The molecule has 1 N–H and O–H groups in total. The summed E-state index contributed by atoms with van der Waals surface area (Å²) in [7, 11) is 0. The number of aromatic nitrogens is 1. The molecule has 0 spiro atoms. The average molecular weight is 258 g/mol. The second kappa shape index (κ2) is 6.02. The highest BCUT2D eigenvalue weighted by Gasteiger charge is 2.07. The smallest absolute Gasteiger partial charge is 0.138 e. The van der Waals surface area contributed by atoms with Crippen molar-refractivity contribution >= 4 is 0 Å². The Morgan fingerprint density at radius 2 is 1.79 bits per heavy atom. The number of nitrogens with zero attached hydrogens (tertiary/aromatic N) is 1. The van der Waals surface area contributed by atoms with Crippen molar-refractivity contribution in [3.05, 3.63) is 52.4 Å². The Bertz CT molecular complexity index is 507. The van der Waals surface area contributed by atoms with Crippen molar-refractivity contribution in [1.29, 1.82) is 0 Å². The Hall–Kier alpha value is -1.61. The zero-order chi connectivity index (χ0) is 13.8. The molecular formula is C16H22N2O. The van der Waals surface area contributed by atoms with Crippen LogP contribution in [0.3, 0.4) is 0 Å². The van der Waals surface area contributed by atoms with Gasteiger partial charge in [-0.2, -0.15) is 0 Å². The Balaban J connectivity index is 1.89. The first-order chi connectivity index (χ1) is 9.08. The van der Waals surface area contributed by atoms with Crippen LogP contribution in [0.1, 0.15) is 47.9 Å². The first-order valence-corrected chi connectivity index (χ1v) is 6.79. The predicted molar refractivity (Wildman–Crippen MR) is 77.1 cm³/mol. The van der Waals surface area contributed by atoms with Gasteiger partial charge in [0.15, 0.2) is 0 Å². The van der Waals surface area contributed by atoms with E-state index in [1.165, 1.54) is 16.7 Å². The van der Waals surface area contributed by atoms with Crippen LogP contribution < -0.4 is 5.32 Å². The standard InChI is InChI=1S/C16H22N2O/c1-11(2)15-7-5-14(6-8-15)9-17-10-16-12(3)18-19-13(16)4/h5-8,11,17H,9-10H2,1-4H3. The molecule has 0 aliphatic carbocycles. The number of hydrogen-bond acceptors (Lipinski definition) is 3. The molecule has 0 bridgehead atoms. The van der Waals surface area contributed by atoms with Gasteiger partial charge in [-0.05, 0) is 30.9 Å². The Labute approximate surface area is 115 Å². The summed E-state index contributed by atoms with van der Waals surface area (Å²) >= 11 is 0. The van der Waals surface area contributed by atoms with Crippen molar-refractivity contribution in [2.75, 3.05) is 0 Å². The summed E-state index contributed by atoms with van der Waals surface area (Å²) in [6.45, 7) is 10.0. The number of rotatable bonds is 5. The highest BCUT2D eigenvalue weighted by atomic mass is 16.5. The van der Waals surface area contributed by atoms with E-state index in [-0.39, 0.29) is 0 Å². The molecule has 1 aromatic heterocycles. The van der Waals surface area contributed by atoms with Gasteiger partial charge in [0, 0.05) is 18.7 Å². The highest BCUT2D eigenvalue weighted by Crippen LogP contribution is 2.15. The lowest BCUT2D eigenvalue weighted by Crippen LogP contribution is -2.13. The molecule has 3 nitrogen and oxygen atoms in total. The normalized spacial score (nSPS) is 11.2. The van der Waals surface area contributed by atoms with E-state index in [0.717, 1.165) is 24.5 Å². The largest absolute Gasteiger partial charge is 0.361 e. The Morgan fingerprint density at radius 1 is 1.11 bits per heavy atom. The average Bonchev–Trinajstić information content (AvgIpc) is 2.71. The monoisotopic (exact) mass is 258 g/mol. The molecule has 2 aromatic rings. The van der Waals surface area contributed by atoms with Crippen LogP contribution in [-0.2, 0) is 13.1 Å². The Kier molecular flexibility index (Phi) is 4.38. The van der Waals surface area contributed by atoms with Crippen molar-refractivity contribution in [2.24, 2.45) is 0 Å². The summed E-state index contributed by atoms with van der Waals surface area (Å²) in [6.07, 6.45) is 0. The predicted octanol–water partition coefficient (Wildman–Crippen LogP) is 3.70. The molecule has 0 saturated carbocycles. The van der Waals surface area contributed by atoms with Gasteiger partial charge in [0.2, 0.25) is 0 Å². The van der Waals surface area contributed by atoms with Gasteiger partial charge in [0.1, 0.15) is 5.76 Å². The lowest BCUT2D eigenvalue weighted by atomic mass is 10.0. The molecule has 1 aromatic carbocycles. The third-order valence-corrected chi connectivity index (χ3v) is 3.46. The lowest BCUT2D eigenvalue weighted by molar-refractivity contribution is 0.392. The van der Waals surface area contributed by atoms with E-state index in [9.17, 15) is 0 Å². The second-order valence-corrected chi connectivity index (χ2v) is 5.30. The van der Waals surface area contributed by atoms with E-state index in [4.69, 9.17) is 4.52 Å². The van der Waals surface area contributed by atoms with Gasteiger partial charge in [-0.15, -0.1) is 0 Å². The molecule has 0 radical (unpaired) electrons. The fourth-order valence-electron chi connectivity index (χ4n) is 2.11. The van der Waals surface area contributed by atoms with Gasteiger partial charge in [0.05, 0.1) is 5.69 Å². The maximum atomic E-state index is 5.15. The van der Waals surface area contributed by atoms with Crippen molar-refractivity contribution < 1.29 is 4.52 Å². The lowest BCUT2D eigenvalue weighted by Gasteiger charge is -2.08. The number of nitrogens with one attached hydrogen (secondary N) is 1. The summed E-state index contributed by atoms with van der Waals surface area (Å²) in [4.78, 5) is 0. The first kappa shape index (κ1) is 13.8. The van der Waals surface area contributed by atoms with Gasteiger partial charge in [0.25, 0.3) is 0 Å². The van der Waals surface area contributed by atoms with Crippen LogP contribution in [0.2, 0.25) is 0 Å². The van der Waals surface area contributed by atoms with Crippen LogP contribution in [0.5, 0.6) is 0 Å². The molecule has 0 fully saturated rings. The van der Waals surface area contributed by atoms with E-state index in [0.29, 0.717) is 5.92 Å². The van der Waals surface area contributed by atoms with Gasteiger partial charge < -0.3 is 9.84 Å². The summed E-state index contributed by atoms with van der Waals surface area (Å²) < 4.78 is 5.15. The highest BCUT2D eigenvalue weighted by molar-refractivity contribution is 5.25. The van der Waals surface area contributed by atoms with E-state index in [1.807, 2.05) is 13.8 Å². The molecule has 0 unspecified atom stereocenters. The summed E-state index contributed by atoms with van der Waals surface area (Å²) in [5, 5.41) is 7.39. The van der Waals surface area contributed by atoms with Gasteiger partial charge in [-0.25, -0.2) is 0 Å². The molecule has 0 atom stereocenters. The molecule has 0 amide bonds. The van der Waals surface area contributed by atoms with Crippen LogP contribution in [-0.4, -0.2) is 5.16 Å². The topological polar surface area (TPSA) is 38.1 Å². The van der Waals surface area contributed by atoms with Crippen LogP contribution in [0.25, 0.3) is 0 Å². The summed E-state index contributed by atoms with van der Waals surface area (Å²) in [5.74, 6) is 1.49. The van der Waals surface area contributed by atoms with E-state index in [1.54, 1.807) is 0 Å². The zero-order valence-electron chi connectivity index (χ0n) is 12.2. The third kappa shape index (κ3) is 3.44.